The van der Waals surface area contributed by atoms with Gasteiger partial charge in [0.05, 0.1) is 0 Å². The molecule has 0 N–H and O–H groups in total. The van der Waals surface area contributed by atoms with Gasteiger partial charge < -0.3 is 0 Å². The molecule has 0 nitrogen and oxygen atoms in total. The summed E-state index contributed by atoms with van der Waals surface area (Å²) in [7, 11) is 0. The molecule has 62 valence electrons. The van der Waals surface area contributed by atoms with Gasteiger partial charge in [0.25, 0.3) is 0 Å². The van der Waals surface area contributed by atoms with Crippen molar-refractivity contribution < 1.29 is 0 Å². The van der Waals surface area contributed by atoms with Crippen molar-refractivity contribution in [2.24, 2.45) is 0 Å². The summed E-state index contributed by atoms with van der Waals surface area (Å²) >= 11 is 3.82. The van der Waals surface area contributed by atoms with Crippen LogP contribution in [0.1, 0.15) is 0 Å². The van der Waals surface area contributed by atoms with Crippen molar-refractivity contribution in [3.8, 4) is 0 Å². The molecule has 0 radical (unpaired) electrons. The van der Waals surface area contributed by atoms with Gasteiger partial charge in [-0.25, -0.2) is 0 Å². The van der Waals surface area contributed by atoms with Gasteiger partial charge in [-0.15, -0.1) is 0 Å². The molecular weight excluding hydrogens is 219 g/mol. The third-order valence-electron chi connectivity index (χ3n) is 1.63. The van der Waals surface area contributed by atoms with Crippen LogP contribution in [0.3, 0.4) is 0 Å². The van der Waals surface area contributed by atoms with Crippen LogP contribution in [-0.4, -0.2) is 20.0 Å². The van der Waals surface area contributed by atoms with Crippen LogP contribution in [0.5, 0.6) is 0 Å². The number of halogens is 1. The molecule has 1 aromatic carbocycles. The summed E-state index contributed by atoms with van der Waals surface area (Å²) in [6, 6.07) is 10.6. The number of hydrogen-bond acceptors (Lipinski definition) is 0. The minimum absolute atomic E-state index is 1.43. The summed E-state index contributed by atoms with van der Waals surface area (Å²) in [4.78, 5) is 0. The monoisotopic (exact) mass is 232 g/mol. The molecule has 0 saturated heterocycles. The van der Waals surface area contributed by atoms with Crippen molar-refractivity contribution in [3.05, 3.63) is 30.3 Å². The molecular formula is C9H14BrP. The molecule has 0 aromatic heterocycles. The van der Waals surface area contributed by atoms with Crippen LogP contribution in [0.4, 0.5) is 0 Å². The van der Waals surface area contributed by atoms with Gasteiger partial charge in [0, 0.05) is 0 Å². The number of rotatable bonds is 1. The fraction of sp³-hybridized carbons (Fsp3) is 0.333. The normalized spacial score (nSPS) is 15.5. The third kappa shape index (κ3) is 2.57. The van der Waals surface area contributed by atoms with Crippen molar-refractivity contribution >= 4 is 26.1 Å². The maximum atomic E-state index is 3.82. The van der Waals surface area contributed by atoms with Crippen LogP contribution in [0.25, 0.3) is 0 Å². The third-order valence-corrected chi connectivity index (χ3v) is 4.90. The molecule has 0 heterocycles. The molecule has 0 aliphatic rings. The van der Waals surface area contributed by atoms with Gasteiger partial charge in [-0.2, -0.15) is 0 Å². The predicted molar refractivity (Wildman–Crippen MR) is 59.7 cm³/mol. The summed E-state index contributed by atoms with van der Waals surface area (Å²) in [5.74, 6) is 0. The van der Waals surface area contributed by atoms with E-state index in [1.807, 2.05) is 0 Å². The van der Waals surface area contributed by atoms with Crippen molar-refractivity contribution in [1.82, 2.24) is 0 Å². The molecule has 0 atom stereocenters. The van der Waals surface area contributed by atoms with Crippen LogP contribution < -0.4 is 5.30 Å². The zero-order valence-electron chi connectivity index (χ0n) is 7.21. The molecule has 0 saturated carbocycles. The summed E-state index contributed by atoms with van der Waals surface area (Å²) in [5, 5.41) is -0.250. The van der Waals surface area contributed by atoms with Gasteiger partial charge in [0.2, 0.25) is 0 Å². The Hall–Kier alpha value is 0.130. The van der Waals surface area contributed by atoms with Crippen LogP contribution >= 0.6 is 20.8 Å². The van der Waals surface area contributed by atoms with E-state index in [1.54, 1.807) is 0 Å². The van der Waals surface area contributed by atoms with Gasteiger partial charge in [0.15, 0.2) is 0 Å². The molecule has 0 unspecified atom stereocenters. The zero-order chi connectivity index (χ0) is 8.56. The zero-order valence-corrected chi connectivity index (χ0v) is 9.69. The Kier molecular flexibility index (Phi) is 2.15. The standard InChI is InChI=1S/C9H14BrP/c1-11(2,3,10)9-7-5-4-6-8-9/h4-8H,1-3H3. The molecule has 0 fully saturated rings. The maximum absolute atomic E-state index is 3.82. The van der Waals surface area contributed by atoms with Gasteiger partial charge in [-0.1, -0.05) is 0 Å². The number of benzene rings is 1. The van der Waals surface area contributed by atoms with E-state index in [-0.39, 0.29) is 0 Å². The fourth-order valence-corrected chi connectivity index (χ4v) is 2.82. The first kappa shape index (κ1) is 9.22. The van der Waals surface area contributed by atoms with Crippen molar-refractivity contribution in [1.29, 1.82) is 0 Å². The van der Waals surface area contributed by atoms with E-state index in [0.717, 1.165) is 0 Å². The summed E-state index contributed by atoms with van der Waals surface area (Å²) in [6.45, 7) is 6.88. The van der Waals surface area contributed by atoms with E-state index in [0.29, 0.717) is 0 Å². The molecule has 1 rings (SSSR count). The second-order valence-electron chi connectivity index (χ2n) is 3.94. The molecule has 1 aromatic rings. The second-order valence-corrected chi connectivity index (χ2v) is 17.1. The Labute approximate surface area is 76.7 Å². The SMILES string of the molecule is CP(C)(C)(Br)c1ccccc1. The fourth-order valence-electron chi connectivity index (χ4n) is 0.932. The van der Waals surface area contributed by atoms with Crippen LogP contribution in [0.2, 0.25) is 0 Å². The Balaban J connectivity index is 3.14. The van der Waals surface area contributed by atoms with Gasteiger partial charge in [0.1, 0.15) is 0 Å². The Bertz CT molecular complexity index is 236. The summed E-state index contributed by atoms with van der Waals surface area (Å²) < 4.78 is 0. The van der Waals surface area contributed by atoms with Crippen molar-refractivity contribution in [3.63, 3.8) is 0 Å². The average Bonchev–Trinajstić information content (AvgIpc) is 1.86. The van der Waals surface area contributed by atoms with Crippen molar-refractivity contribution in [2.45, 2.75) is 0 Å². The predicted octanol–water partition coefficient (Wildman–Crippen LogP) is 3.06. The summed E-state index contributed by atoms with van der Waals surface area (Å²) in [5.41, 5.74) is 0. The first-order chi connectivity index (χ1) is 4.86. The minimum atomic E-state index is -1.68. The van der Waals surface area contributed by atoms with Crippen molar-refractivity contribution in [2.75, 3.05) is 20.0 Å². The molecule has 0 aliphatic carbocycles. The van der Waals surface area contributed by atoms with E-state index in [1.165, 1.54) is 5.30 Å². The van der Waals surface area contributed by atoms with Crippen LogP contribution in [0.15, 0.2) is 30.3 Å². The van der Waals surface area contributed by atoms with E-state index < -0.39 is 5.31 Å². The first-order valence-electron chi connectivity index (χ1n) is 3.64. The quantitative estimate of drug-likeness (QED) is 0.654. The van der Waals surface area contributed by atoms with Crippen LogP contribution in [-0.2, 0) is 0 Å². The summed E-state index contributed by atoms with van der Waals surface area (Å²) in [6.07, 6.45) is 0. The Morgan fingerprint density at radius 2 is 1.45 bits per heavy atom. The van der Waals surface area contributed by atoms with Crippen LogP contribution in [0, 0.1) is 0 Å². The first-order valence-corrected chi connectivity index (χ1v) is 9.24. The molecule has 2 heteroatoms. The topological polar surface area (TPSA) is 0 Å². The number of hydrogen-bond donors (Lipinski definition) is 0. The van der Waals surface area contributed by atoms with Gasteiger partial charge in [-0.05, 0) is 0 Å². The molecule has 0 bridgehead atoms. The molecule has 0 amide bonds. The van der Waals surface area contributed by atoms with E-state index in [2.05, 4.69) is 65.8 Å². The molecule has 0 spiro atoms. The average molecular weight is 233 g/mol. The molecule has 0 aliphatic heterocycles. The van der Waals surface area contributed by atoms with Gasteiger partial charge in [-0.3, -0.25) is 0 Å². The van der Waals surface area contributed by atoms with E-state index in [9.17, 15) is 0 Å². The van der Waals surface area contributed by atoms with E-state index in [4.69, 9.17) is 0 Å². The van der Waals surface area contributed by atoms with E-state index >= 15 is 0 Å². The molecule has 11 heavy (non-hydrogen) atoms. The Morgan fingerprint density at radius 3 is 1.73 bits per heavy atom. The Morgan fingerprint density at radius 1 is 1.00 bits per heavy atom. The second kappa shape index (κ2) is 2.57. The van der Waals surface area contributed by atoms with Gasteiger partial charge >= 0.3 is 76.4 Å².